The smallest absolute Gasteiger partial charge is 0.324 e. The van der Waals surface area contributed by atoms with Crippen LogP contribution in [0.2, 0.25) is 5.02 Å². The number of thioether (sulfide) groups is 1. The molecule has 0 aliphatic carbocycles. The first kappa shape index (κ1) is 24.8. The lowest BCUT2D eigenvalue weighted by atomic mass is 10.1. The lowest BCUT2D eigenvalue weighted by Gasteiger charge is -2.25. The molecule has 172 valence electrons. The van der Waals surface area contributed by atoms with Gasteiger partial charge in [0.1, 0.15) is 5.82 Å². The number of aliphatic imine (C=N–C) groups is 1. The lowest BCUT2D eigenvalue weighted by Crippen LogP contribution is -2.26. The van der Waals surface area contributed by atoms with Crippen molar-refractivity contribution in [3.63, 3.8) is 0 Å². The number of carbonyl (C=O) groups is 1. The second-order valence-corrected chi connectivity index (χ2v) is 8.69. The normalized spacial score (nSPS) is 13.0. The molecule has 0 fully saturated rings. The zero-order valence-electron chi connectivity index (χ0n) is 17.4. The Morgan fingerprint density at radius 3 is 2.30 bits per heavy atom. The van der Waals surface area contributed by atoms with Crippen molar-refractivity contribution in [3.05, 3.63) is 101 Å². The van der Waals surface area contributed by atoms with Crippen LogP contribution in [0.5, 0.6) is 0 Å². The van der Waals surface area contributed by atoms with Crippen LogP contribution in [0.4, 0.5) is 23.2 Å². The van der Waals surface area contributed by atoms with Gasteiger partial charge in [0, 0.05) is 28.6 Å². The third-order valence-electron chi connectivity index (χ3n) is 4.61. The number of nitrogens with zero attached hydrogens (tertiary/aromatic N) is 2. The number of amides is 1. The first-order chi connectivity index (χ1) is 15.6. The minimum atomic E-state index is -4.44. The summed E-state index contributed by atoms with van der Waals surface area (Å²) < 4.78 is 53.6. The van der Waals surface area contributed by atoms with Crippen LogP contribution in [-0.2, 0) is 0 Å². The van der Waals surface area contributed by atoms with Crippen LogP contribution in [0.3, 0.4) is 0 Å². The Bertz CT molecular complexity index is 1120. The summed E-state index contributed by atoms with van der Waals surface area (Å²) >= 11 is 6.77. The lowest BCUT2D eigenvalue weighted by molar-refractivity contribution is -0.134. The van der Waals surface area contributed by atoms with Gasteiger partial charge in [-0.1, -0.05) is 59.8 Å². The third kappa shape index (κ3) is 7.33. The van der Waals surface area contributed by atoms with Gasteiger partial charge in [0.25, 0.3) is 5.91 Å². The zero-order chi connectivity index (χ0) is 24.0. The number of benzene rings is 3. The van der Waals surface area contributed by atoms with E-state index in [1.807, 2.05) is 0 Å². The molecule has 9 heteroatoms. The highest BCUT2D eigenvalue weighted by atomic mass is 35.5. The molecule has 0 saturated carbocycles. The van der Waals surface area contributed by atoms with E-state index in [0.29, 0.717) is 16.3 Å². The maximum Gasteiger partial charge on any atom is 0.390 e. The molecule has 1 unspecified atom stereocenters. The second-order valence-electron chi connectivity index (χ2n) is 7.08. The summed E-state index contributed by atoms with van der Waals surface area (Å²) in [5, 5.41) is -0.693. The molecule has 0 aromatic heterocycles. The van der Waals surface area contributed by atoms with Crippen LogP contribution in [0.15, 0.2) is 83.9 Å². The Kier molecular flexibility index (Phi) is 8.15. The molecule has 3 rings (SSSR count). The fourth-order valence-corrected chi connectivity index (χ4v) is 4.37. The minimum Gasteiger partial charge on any atom is -0.324 e. The molecule has 0 bridgehead atoms. The van der Waals surface area contributed by atoms with E-state index in [-0.39, 0.29) is 10.7 Å². The van der Waals surface area contributed by atoms with Crippen LogP contribution in [0.25, 0.3) is 0 Å². The number of amidine groups is 1. The van der Waals surface area contributed by atoms with Crippen LogP contribution in [0, 0.1) is 5.82 Å². The minimum absolute atomic E-state index is 0.0321. The standard InChI is InChI=1S/C24H19ClF4N2OS/c1-31(20-12-10-19(26)11-13-20)23(30-22(32)17-8-5-9-18(25)14-17)33-21(15-24(27,28)29)16-6-3-2-4-7-16/h2-14,21H,15H2,1H3. The molecule has 0 heterocycles. The number of alkyl halides is 3. The van der Waals surface area contributed by atoms with Gasteiger partial charge in [0.15, 0.2) is 5.17 Å². The SMILES string of the molecule is CN(C(=NC(=O)c1cccc(Cl)c1)SC(CC(F)(F)F)c1ccccc1)c1ccc(F)cc1. The van der Waals surface area contributed by atoms with Gasteiger partial charge in [-0.05, 0) is 48.0 Å². The summed E-state index contributed by atoms with van der Waals surface area (Å²) in [6.07, 6.45) is -5.56. The molecule has 3 nitrogen and oxygen atoms in total. The topological polar surface area (TPSA) is 32.7 Å². The van der Waals surface area contributed by atoms with Crippen molar-refractivity contribution in [1.82, 2.24) is 0 Å². The Morgan fingerprint density at radius 1 is 1.03 bits per heavy atom. The summed E-state index contributed by atoms with van der Waals surface area (Å²) in [6, 6.07) is 19.7. The van der Waals surface area contributed by atoms with Gasteiger partial charge in [0.2, 0.25) is 0 Å². The van der Waals surface area contributed by atoms with Crippen LogP contribution in [0.1, 0.15) is 27.6 Å². The first-order valence-electron chi connectivity index (χ1n) is 9.78. The summed E-state index contributed by atoms with van der Waals surface area (Å²) in [5.74, 6) is -1.12. The summed E-state index contributed by atoms with van der Waals surface area (Å²) in [5.41, 5.74) is 1.09. The number of anilines is 1. The predicted octanol–water partition coefficient (Wildman–Crippen LogP) is 7.54. The van der Waals surface area contributed by atoms with Gasteiger partial charge in [-0.3, -0.25) is 4.79 Å². The molecule has 0 N–H and O–H groups in total. The molecular weight excluding hydrogens is 476 g/mol. The number of hydrogen-bond acceptors (Lipinski definition) is 2. The van der Waals surface area contributed by atoms with Crippen molar-refractivity contribution < 1.29 is 22.4 Å². The van der Waals surface area contributed by atoms with Gasteiger partial charge in [-0.15, -0.1) is 0 Å². The van der Waals surface area contributed by atoms with E-state index in [4.69, 9.17) is 11.6 Å². The van der Waals surface area contributed by atoms with Crippen LogP contribution in [-0.4, -0.2) is 24.3 Å². The van der Waals surface area contributed by atoms with Crippen molar-refractivity contribution in [3.8, 4) is 0 Å². The van der Waals surface area contributed by atoms with Crippen molar-refractivity contribution in [2.24, 2.45) is 4.99 Å². The highest BCUT2D eigenvalue weighted by molar-refractivity contribution is 8.14. The highest BCUT2D eigenvalue weighted by Crippen LogP contribution is 2.40. The van der Waals surface area contributed by atoms with E-state index in [2.05, 4.69) is 4.99 Å². The van der Waals surface area contributed by atoms with Crippen molar-refractivity contribution in [2.75, 3.05) is 11.9 Å². The van der Waals surface area contributed by atoms with Crippen molar-refractivity contribution >= 4 is 40.1 Å². The quantitative estimate of drug-likeness (QED) is 0.209. The van der Waals surface area contributed by atoms with Crippen molar-refractivity contribution in [1.29, 1.82) is 0 Å². The van der Waals surface area contributed by atoms with E-state index in [1.54, 1.807) is 49.5 Å². The van der Waals surface area contributed by atoms with Crippen molar-refractivity contribution in [2.45, 2.75) is 17.8 Å². The van der Waals surface area contributed by atoms with E-state index in [1.165, 1.54) is 41.3 Å². The predicted molar refractivity (Wildman–Crippen MR) is 125 cm³/mol. The molecule has 33 heavy (non-hydrogen) atoms. The largest absolute Gasteiger partial charge is 0.390 e. The fraction of sp³-hybridized carbons (Fsp3) is 0.167. The molecular formula is C24H19ClF4N2OS. The maximum absolute atomic E-state index is 13.4. The number of carbonyl (C=O) groups excluding carboxylic acids is 1. The number of hydrogen-bond donors (Lipinski definition) is 0. The van der Waals surface area contributed by atoms with Gasteiger partial charge >= 0.3 is 6.18 Å². The maximum atomic E-state index is 13.4. The molecule has 0 aliphatic heterocycles. The molecule has 3 aromatic carbocycles. The number of halogens is 5. The van der Waals surface area contributed by atoms with Crippen LogP contribution >= 0.6 is 23.4 Å². The van der Waals surface area contributed by atoms with Gasteiger partial charge in [-0.25, -0.2) is 4.39 Å². The Hall–Kier alpha value is -2.84. The average Bonchev–Trinajstić information content (AvgIpc) is 2.78. The van der Waals surface area contributed by atoms with Gasteiger partial charge in [0.05, 0.1) is 6.42 Å². The Morgan fingerprint density at radius 2 is 1.70 bits per heavy atom. The Balaban J connectivity index is 2.02. The molecule has 1 amide bonds. The number of rotatable bonds is 5. The molecule has 3 aromatic rings. The van der Waals surface area contributed by atoms with Gasteiger partial charge < -0.3 is 4.90 Å². The van der Waals surface area contributed by atoms with E-state index in [0.717, 1.165) is 11.8 Å². The van der Waals surface area contributed by atoms with E-state index < -0.39 is 29.6 Å². The average molecular weight is 495 g/mol. The summed E-state index contributed by atoms with van der Waals surface area (Å²) in [7, 11) is 1.56. The van der Waals surface area contributed by atoms with E-state index >= 15 is 0 Å². The summed E-state index contributed by atoms with van der Waals surface area (Å²) in [4.78, 5) is 18.4. The molecule has 0 radical (unpaired) electrons. The molecule has 0 aliphatic rings. The zero-order valence-corrected chi connectivity index (χ0v) is 19.0. The third-order valence-corrected chi connectivity index (χ3v) is 6.14. The van der Waals surface area contributed by atoms with Crippen LogP contribution < -0.4 is 4.90 Å². The molecule has 1 atom stereocenters. The van der Waals surface area contributed by atoms with Gasteiger partial charge in [-0.2, -0.15) is 18.2 Å². The Labute approximate surface area is 198 Å². The first-order valence-corrected chi connectivity index (χ1v) is 11.0. The monoisotopic (exact) mass is 494 g/mol. The molecule has 0 spiro atoms. The van der Waals surface area contributed by atoms with E-state index in [9.17, 15) is 22.4 Å². The fourth-order valence-electron chi connectivity index (χ4n) is 2.96. The second kappa shape index (κ2) is 10.9. The highest BCUT2D eigenvalue weighted by Gasteiger charge is 2.34. The summed E-state index contributed by atoms with van der Waals surface area (Å²) in [6.45, 7) is 0. The molecule has 0 saturated heterocycles.